The Morgan fingerprint density at radius 2 is 2.18 bits per heavy atom. The molecule has 3 N–H and O–H groups in total. The summed E-state index contributed by atoms with van der Waals surface area (Å²) in [6.45, 7) is 3.32. The van der Waals surface area contributed by atoms with Crippen molar-refractivity contribution in [3.05, 3.63) is 29.8 Å². The van der Waals surface area contributed by atoms with Crippen molar-refractivity contribution in [2.75, 3.05) is 6.61 Å². The molecule has 0 aliphatic rings. The summed E-state index contributed by atoms with van der Waals surface area (Å²) in [5.41, 5.74) is 6.07. The highest BCUT2D eigenvalue weighted by atomic mass is 16.5. The second kappa shape index (κ2) is 5.89. The maximum Gasteiger partial charge on any atom is 0.258 e. The Bertz CT molecular complexity index is 418. The number of carbonyl (C=O) groups is 2. The Morgan fingerprint density at radius 3 is 2.76 bits per heavy atom. The Kier molecular flexibility index (Phi) is 4.51. The Labute approximate surface area is 99.9 Å². The van der Waals surface area contributed by atoms with Gasteiger partial charge in [-0.1, -0.05) is 12.1 Å². The minimum atomic E-state index is -0.691. The minimum Gasteiger partial charge on any atom is -0.484 e. The fourth-order valence-corrected chi connectivity index (χ4v) is 1.21. The van der Waals surface area contributed by atoms with Crippen LogP contribution in [0.15, 0.2) is 24.3 Å². The molecular formula is C12H16N2O3. The summed E-state index contributed by atoms with van der Waals surface area (Å²) in [5.74, 6) is -0.335. The molecule has 0 aromatic heterocycles. The van der Waals surface area contributed by atoms with Crippen molar-refractivity contribution in [3.8, 4) is 5.75 Å². The molecular weight excluding hydrogens is 220 g/mol. The Morgan fingerprint density at radius 1 is 1.47 bits per heavy atom. The van der Waals surface area contributed by atoms with Crippen LogP contribution in [0.2, 0.25) is 0 Å². The van der Waals surface area contributed by atoms with E-state index in [1.165, 1.54) is 6.92 Å². The van der Waals surface area contributed by atoms with Crippen LogP contribution in [0.1, 0.15) is 12.5 Å². The van der Waals surface area contributed by atoms with Gasteiger partial charge in [-0.2, -0.15) is 0 Å². The molecule has 92 valence electrons. The Balaban J connectivity index is 2.41. The van der Waals surface area contributed by atoms with Crippen molar-refractivity contribution in [2.45, 2.75) is 19.9 Å². The summed E-state index contributed by atoms with van der Waals surface area (Å²) in [7, 11) is 0. The molecule has 0 spiro atoms. The number of benzene rings is 1. The molecule has 0 fully saturated rings. The molecule has 0 bridgehead atoms. The molecule has 2 amide bonds. The fraction of sp³-hybridized carbons (Fsp3) is 0.333. The quantitative estimate of drug-likeness (QED) is 0.774. The molecule has 17 heavy (non-hydrogen) atoms. The zero-order chi connectivity index (χ0) is 12.8. The largest absolute Gasteiger partial charge is 0.484 e. The standard InChI is InChI=1S/C12H16N2O3/c1-8-4-3-5-10(6-8)17-7-11(15)14-9(2)12(13)16/h3-6,9H,7H2,1-2H3,(H2,13,16)(H,14,15). The van der Waals surface area contributed by atoms with Gasteiger partial charge >= 0.3 is 0 Å². The summed E-state index contributed by atoms with van der Waals surface area (Å²) in [6.07, 6.45) is 0. The highest BCUT2D eigenvalue weighted by molar-refractivity contribution is 5.86. The number of rotatable bonds is 5. The van der Waals surface area contributed by atoms with Gasteiger partial charge in [0, 0.05) is 0 Å². The number of nitrogens with two attached hydrogens (primary N) is 1. The second-order valence-electron chi connectivity index (χ2n) is 3.80. The van der Waals surface area contributed by atoms with E-state index in [2.05, 4.69) is 5.32 Å². The van der Waals surface area contributed by atoms with Crippen molar-refractivity contribution in [1.82, 2.24) is 5.32 Å². The number of nitrogens with one attached hydrogen (secondary N) is 1. The molecule has 0 saturated heterocycles. The van der Waals surface area contributed by atoms with E-state index in [4.69, 9.17) is 10.5 Å². The molecule has 5 heteroatoms. The van der Waals surface area contributed by atoms with Crippen molar-refractivity contribution in [2.24, 2.45) is 5.73 Å². The summed E-state index contributed by atoms with van der Waals surface area (Å²) in [4.78, 5) is 22.1. The van der Waals surface area contributed by atoms with Gasteiger partial charge in [0.1, 0.15) is 11.8 Å². The zero-order valence-corrected chi connectivity index (χ0v) is 9.90. The van der Waals surface area contributed by atoms with Gasteiger partial charge in [0.05, 0.1) is 0 Å². The summed E-state index contributed by atoms with van der Waals surface area (Å²) < 4.78 is 5.27. The van der Waals surface area contributed by atoms with E-state index in [9.17, 15) is 9.59 Å². The topological polar surface area (TPSA) is 81.4 Å². The van der Waals surface area contributed by atoms with Crippen LogP contribution >= 0.6 is 0 Å². The number of hydrogen-bond acceptors (Lipinski definition) is 3. The monoisotopic (exact) mass is 236 g/mol. The van der Waals surface area contributed by atoms with Gasteiger partial charge < -0.3 is 15.8 Å². The molecule has 1 aromatic carbocycles. The zero-order valence-electron chi connectivity index (χ0n) is 9.90. The van der Waals surface area contributed by atoms with E-state index in [1.54, 1.807) is 6.07 Å². The van der Waals surface area contributed by atoms with Crippen LogP contribution in [0.3, 0.4) is 0 Å². The average molecular weight is 236 g/mol. The predicted molar refractivity (Wildman–Crippen MR) is 63.5 cm³/mol. The molecule has 0 radical (unpaired) electrons. The van der Waals surface area contributed by atoms with Crippen molar-refractivity contribution in [1.29, 1.82) is 0 Å². The van der Waals surface area contributed by atoms with Gasteiger partial charge in [-0.05, 0) is 31.5 Å². The first-order valence-electron chi connectivity index (χ1n) is 5.27. The number of carbonyl (C=O) groups excluding carboxylic acids is 2. The highest BCUT2D eigenvalue weighted by Gasteiger charge is 2.12. The molecule has 5 nitrogen and oxygen atoms in total. The third-order valence-electron chi connectivity index (χ3n) is 2.16. The van der Waals surface area contributed by atoms with Crippen LogP contribution in [0.4, 0.5) is 0 Å². The number of amides is 2. The van der Waals surface area contributed by atoms with Crippen molar-refractivity contribution >= 4 is 11.8 Å². The lowest BCUT2D eigenvalue weighted by Crippen LogP contribution is -2.44. The van der Waals surface area contributed by atoms with Crippen LogP contribution in [-0.4, -0.2) is 24.5 Å². The van der Waals surface area contributed by atoms with Gasteiger partial charge in [0.2, 0.25) is 5.91 Å². The van der Waals surface area contributed by atoms with Gasteiger partial charge in [-0.15, -0.1) is 0 Å². The minimum absolute atomic E-state index is 0.138. The third kappa shape index (κ3) is 4.55. The molecule has 1 rings (SSSR count). The lowest BCUT2D eigenvalue weighted by molar-refractivity contribution is -0.128. The van der Waals surface area contributed by atoms with Gasteiger partial charge in [0.25, 0.3) is 5.91 Å². The number of aryl methyl sites for hydroxylation is 1. The fourth-order valence-electron chi connectivity index (χ4n) is 1.21. The summed E-state index contributed by atoms with van der Waals surface area (Å²) in [5, 5.41) is 2.43. The van der Waals surface area contributed by atoms with Crippen LogP contribution in [0, 0.1) is 6.92 Å². The van der Waals surface area contributed by atoms with Crippen LogP contribution < -0.4 is 15.8 Å². The smallest absolute Gasteiger partial charge is 0.258 e. The third-order valence-corrected chi connectivity index (χ3v) is 2.16. The van der Waals surface area contributed by atoms with Gasteiger partial charge in [-0.3, -0.25) is 9.59 Å². The first kappa shape index (κ1) is 13.0. The summed E-state index contributed by atoms with van der Waals surface area (Å²) >= 11 is 0. The molecule has 0 saturated carbocycles. The highest BCUT2D eigenvalue weighted by Crippen LogP contribution is 2.11. The van der Waals surface area contributed by atoms with Crippen LogP contribution in [-0.2, 0) is 9.59 Å². The van der Waals surface area contributed by atoms with E-state index in [0.29, 0.717) is 5.75 Å². The second-order valence-corrected chi connectivity index (χ2v) is 3.80. The molecule has 1 unspecified atom stereocenters. The molecule has 0 aliphatic heterocycles. The average Bonchev–Trinajstić information content (AvgIpc) is 2.26. The van der Waals surface area contributed by atoms with Crippen molar-refractivity contribution < 1.29 is 14.3 Å². The molecule has 0 heterocycles. The van der Waals surface area contributed by atoms with E-state index in [0.717, 1.165) is 5.56 Å². The summed E-state index contributed by atoms with van der Waals surface area (Å²) in [6, 6.07) is 6.67. The first-order valence-corrected chi connectivity index (χ1v) is 5.27. The first-order chi connectivity index (χ1) is 7.99. The maximum atomic E-state index is 11.4. The molecule has 1 atom stereocenters. The lowest BCUT2D eigenvalue weighted by atomic mass is 10.2. The Hall–Kier alpha value is -2.04. The van der Waals surface area contributed by atoms with Crippen LogP contribution in [0.5, 0.6) is 5.75 Å². The molecule has 1 aromatic rings. The normalized spacial score (nSPS) is 11.6. The number of primary amides is 1. The SMILES string of the molecule is Cc1cccc(OCC(=O)NC(C)C(N)=O)c1. The number of hydrogen-bond donors (Lipinski definition) is 2. The number of ether oxygens (including phenoxy) is 1. The maximum absolute atomic E-state index is 11.4. The van der Waals surface area contributed by atoms with Gasteiger partial charge in [0.15, 0.2) is 6.61 Å². The predicted octanol–water partition coefficient (Wildman–Crippen LogP) is 0.364. The van der Waals surface area contributed by atoms with E-state index >= 15 is 0 Å². The van der Waals surface area contributed by atoms with Crippen molar-refractivity contribution in [3.63, 3.8) is 0 Å². The molecule has 0 aliphatic carbocycles. The van der Waals surface area contributed by atoms with Gasteiger partial charge in [-0.25, -0.2) is 0 Å². The van der Waals surface area contributed by atoms with E-state index in [1.807, 2.05) is 25.1 Å². The lowest BCUT2D eigenvalue weighted by Gasteiger charge is -2.11. The van der Waals surface area contributed by atoms with Crippen LogP contribution in [0.25, 0.3) is 0 Å². The van der Waals surface area contributed by atoms with E-state index in [-0.39, 0.29) is 12.5 Å². The van der Waals surface area contributed by atoms with E-state index < -0.39 is 11.9 Å².